The molecular formula is C17H18FNO3. The molecule has 2 aromatic carbocycles. The summed E-state index contributed by atoms with van der Waals surface area (Å²) in [5.74, 6) is 0.675. The lowest BCUT2D eigenvalue weighted by molar-refractivity contribution is -0.116. The lowest BCUT2D eigenvalue weighted by Gasteiger charge is -2.11. The van der Waals surface area contributed by atoms with Gasteiger partial charge < -0.3 is 14.8 Å². The van der Waals surface area contributed by atoms with Gasteiger partial charge in [0, 0.05) is 0 Å². The molecule has 2 rings (SSSR count). The first-order valence-electron chi connectivity index (χ1n) is 7.09. The van der Waals surface area contributed by atoms with E-state index < -0.39 is 0 Å². The number of hydrogen-bond acceptors (Lipinski definition) is 3. The molecule has 0 aliphatic rings. The van der Waals surface area contributed by atoms with Crippen LogP contribution in [-0.4, -0.2) is 19.1 Å². The number of carbonyl (C=O) groups excluding carboxylic acids is 1. The number of amides is 1. The average molecular weight is 303 g/mol. The van der Waals surface area contributed by atoms with Gasteiger partial charge in [-0.3, -0.25) is 4.79 Å². The Morgan fingerprint density at radius 3 is 2.55 bits per heavy atom. The molecule has 116 valence electrons. The number of carbonyl (C=O) groups is 1. The number of anilines is 1. The minimum Gasteiger partial charge on any atom is -0.493 e. The van der Waals surface area contributed by atoms with Gasteiger partial charge in [-0.15, -0.1) is 0 Å². The van der Waals surface area contributed by atoms with Crippen LogP contribution in [0.15, 0.2) is 48.5 Å². The van der Waals surface area contributed by atoms with Gasteiger partial charge in [0.2, 0.25) is 5.91 Å². The van der Waals surface area contributed by atoms with Crippen molar-refractivity contribution in [2.24, 2.45) is 0 Å². The molecule has 22 heavy (non-hydrogen) atoms. The summed E-state index contributed by atoms with van der Waals surface area (Å²) in [5, 5.41) is 2.79. The maximum absolute atomic E-state index is 12.7. The monoisotopic (exact) mass is 303 g/mol. The topological polar surface area (TPSA) is 47.6 Å². The highest BCUT2D eigenvalue weighted by Crippen LogP contribution is 2.23. The first kappa shape index (κ1) is 15.8. The molecule has 4 nitrogen and oxygen atoms in total. The van der Waals surface area contributed by atoms with Crippen molar-refractivity contribution in [1.29, 1.82) is 0 Å². The Bertz CT molecular complexity index is 614. The van der Waals surface area contributed by atoms with Crippen LogP contribution in [0.4, 0.5) is 10.1 Å². The van der Waals surface area contributed by atoms with Crippen molar-refractivity contribution in [3.8, 4) is 11.5 Å². The number of hydrogen-bond donors (Lipinski definition) is 1. The molecule has 1 amide bonds. The molecule has 0 aliphatic heterocycles. The van der Waals surface area contributed by atoms with Gasteiger partial charge in [0.15, 0.2) is 0 Å². The fourth-order valence-corrected chi connectivity index (χ4v) is 1.86. The second-order valence-corrected chi connectivity index (χ2v) is 4.53. The minimum atomic E-state index is -0.322. The highest BCUT2D eigenvalue weighted by atomic mass is 19.1. The molecule has 0 heterocycles. The first-order chi connectivity index (χ1) is 10.7. The van der Waals surface area contributed by atoms with Gasteiger partial charge in [0.1, 0.15) is 17.3 Å². The summed E-state index contributed by atoms with van der Waals surface area (Å²) in [5.41, 5.74) is 0.635. The molecular weight excluding hydrogens is 285 g/mol. The zero-order chi connectivity index (χ0) is 15.8. The molecule has 0 spiro atoms. The first-order valence-corrected chi connectivity index (χ1v) is 7.09. The predicted octanol–water partition coefficient (Wildman–Crippen LogP) is 3.63. The summed E-state index contributed by atoms with van der Waals surface area (Å²) in [6.45, 7) is 2.63. The summed E-state index contributed by atoms with van der Waals surface area (Å²) < 4.78 is 23.6. The fraction of sp³-hybridized carbons (Fsp3) is 0.235. The molecule has 0 atom stereocenters. The SMILES string of the molecule is CCOc1ccccc1NC(=O)CCOc1ccc(F)cc1. The second kappa shape index (κ2) is 8.02. The molecule has 0 bridgehead atoms. The lowest BCUT2D eigenvalue weighted by atomic mass is 10.3. The van der Waals surface area contributed by atoms with Gasteiger partial charge in [-0.1, -0.05) is 12.1 Å². The maximum atomic E-state index is 12.7. The largest absolute Gasteiger partial charge is 0.493 e. The van der Waals surface area contributed by atoms with Crippen molar-refractivity contribution in [1.82, 2.24) is 0 Å². The minimum absolute atomic E-state index is 0.172. The van der Waals surface area contributed by atoms with Gasteiger partial charge in [-0.05, 0) is 43.3 Å². The van der Waals surface area contributed by atoms with E-state index in [1.807, 2.05) is 19.1 Å². The van der Waals surface area contributed by atoms with Gasteiger partial charge in [0.25, 0.3) is 0 Å². The van der Waals surface area contributed by atoms with Crippen molar-refractivity contribution in [3.63, 3.8) is 0 Å². The van der Waals surface area contributed by atoms with Crippen molar-refractivity contribution < 1.29 is 18.7 Å². The van der Waals surface area contributed by atoms with E-state index in [9.17, 15) is 9.18 Å². The summed E-state index contributed by atoms with van der Waals surface area (Å²) in [7, 11) is 0. The molecule has 5 heteroatoms. The Morgan fingerprint density at radius 1 is 1.09 bits per heavy atom. The Morgan fingerprint density at radius 2 is 1.82 bits per heavy atom. The summed E-state index contributed by atoms with van der Waals surface area (Å²) in [6, 6.07) is 12.9. The van der Waals surface area contributed by atoms with E-state index in [1.54, 1.807) is 12.1 Å². The van der Waals surface area contributed by atoms with Crippen molar-refractivity contribution in [2.45, 2.75) is 13.3 Å². The maximum Gasteiger partial charge on any atom is 0.227 e. The van der Waals surface area contributed by atoms with Crippen LogP contribution in [-0.2, 0) is 4.79 Å². The Balaban J connectivity index is 1.82. The zero-order valence-electron chi connectivity index (χ0n) is 12.3. The van der Waals surface area contributed by atoms with E-state index in [0.717, 1.165) is 0 Å². The smallest absolute Gasteiger partial charge is 0.227 e. The van der Waals surface area contributed by atoms with E-state index >= 15 is 0 Å². The van der Waals surface area contributed by atoms with Crippen molar-refractivity contribution in [3.05, 3.63) is 54.3 Å². The number of para-hydroxylation sites is 2. The quantitative estimate of drug-likeness (QED) is 0.849. The number of ether oxygens (including phenoxy) is 2. The van der Waals surface area contributed by atoms with Crippen molar-refractivity contribution >= 4 is 11.6 Å². The summed E-state index contributed by atoms with van der Waals surface area (Å²) in [6.07, 6.45) is 0.192. The van der Waals surface area contributed by atoms with Gasteiger partial charge >= 0.3 is 0 Å². The third-order valence-corrected chi connectivity index (χ3v) is 2.87. The summed E-state index contributed by atoms with van der Waals surface area (Å²) in [4.78, 5) is 11.9. The van der Waals surface area contributed by atoms with E-state index in [0.29, 0.717) is 23.8 Å². The van der Waals surface area contributed by atoms with Crippen LogP contribution in [0.5, 0.6) is 11.5 Å². The highest BCUT2D eigenvalue weighted by molar-refractivity contribution is 5.92. The molecule has 1 N–H and O–H groups in total. The standard InChI is InChI=1S/C17H18FNO3/c1-2-21-16-6-4-3-5-15(16)19-17(20)11-12-22-14-9-7-13(18)8-10-14/h3-10H,2,11-12H2,1H3,(H,19,20). The van der Waals surface area contributed by atoms with Crippen LogP contribution in [0, 0.1) is 5.82 Å². The van der Waals surface area contributed by atoms with Crippen LogP contribution in [0.1, 0.15) is 13.3 Å². The number of nitrogens with one attached hydrogen (secondary N) is 1. The Kier molecular flexibility index (Phi) is 5.77. The van der Waals surface area contributed by atoms with Gasteiger partial charge in [0.05, 0.1) is 25.3 Å². The summed E-state index contributed by atoms with van der Waals surface area (Å²) >= 11 is 0. The highest BCUT2D eigenvalue weighted by Gasteiger charge is 2.07. The molecule has 2 aromatic rings. The normalized spacial score (nSPS) is 10.1. The Labute approximate surface area is 128 Å². The number of benzene rings is 2. The van der Waals surface area contributed by atoms with E-state index in [1.165, 1.54) is 24.3 Å². The third kappa shape index (κ3) is 4.77. The van der Waals surface area contributed by atoms with Crippen molar-refractivity contribution in [2.75, 3.05) is 18.5 Å². The molecule has 0 aromatic heterocycles. The van der Waals surface area contributed by atoms with Gasteiger partial charge in [-0.25, -0.2) is 4.39 Å². The van der Waals surface area contributed by atoms with Gasteiger partial charge in [-0.2, -0.15) is 0 Å². The fourth-order valence-electron chi connectivity index (χ4n) is 1.86. The van der Waals surface area contributed by atoms with E-state index in [2.05, 4.69) is 5.32 Å². The average Bonchev–Trinajstić information content (AvgIpc) is 2.51. The molecule has 0 saturated heterocycles. The molecule has 0 saturated carbocycles. The van der Waals surface area contributed by atoms with Crippen LogP contribution in [0.25, 0.3) is 0 Å². The lowest BCUT2D eigenvalue weighted by Crippen LogP contribution is -2.15. The zero-order valence-corrected chi connectivity index (χ0v) is 12.3. The third-order valence-electron chi connectivity index (χ3n) is 2.87. The number of rotatable bonds is 7. The second-order valence-electron chi connectivity index (χ2n) is 4.53. The predicted molar refractivity (Wildman–Crippen MR) is 82.8 cm³/mol. The Hall–Kier alpha value is -2.56. The molecule has 0 radical (unpaired) electrons. The van der Waals surface area contributed by atoms with Crippen LogP contribution >= 0.6 is 0 Å². The van der Waals surface area contributed by atoms with Crippen LogP contribution < -0.4 is 14.8 Å². The molecule has 0 aliphatic carbocycles. The molecule has 0 unspecified atom stereocenters. The van der Waals surface area contributed by atoms with E-state index in [-0.39, 0.29) is 24.8 Å². The van der Waals surface area contributed by atoms with Crippen LogP contribution in [0.2, 0.25) is 0 Å². The van der Waals surface area contributed by atoms with Crippen LogP contribution in [0.3, 0.4) is 0 Å². The number of halogens is 1. The molecule has 0 fully saturated rings. The van der Waals surface area contributed by atoms with E-state index in [4.69, 9.17) is 9.47 Å².